The second kappa shape index (κ2) is 10.1. The van der Waals surface area contributed by atoms with Crippen LogP contribution in [0.5, 0.6) is 57.5 Å². The maximum Gasteiger partial charge on any atom is 0.200 e. The second-order valence-corrected chi connectivity index (χ2v) is 8.96. The Hall–Kier alpha value is -5.12. The third-order valence-corrected chi connectivity index (χ3v) is 6.31. The van der Waals surface area contributed by atoms with E-state index in [0.29, 0.717) is 22.3 Å². The van der Waals surface area contributed by atoms with Crippen molar-refractivity contribution in [2.45, 2.75) is 25.7 Å². The van der Waals surface area contributed by atoms with Crippen LogP contribution in [-0.2, 0) is 25.7 Å². The number of phenols is 10. The van der Waals surface area contributed by atoms with E-state index in [2.05, 4.69) is 0 Å². The second-order valence-electron chi connectivity index (χ2n) is 8.96. The molecule has 0 amide bonds. The van der Waals surface area contributed by atoms with Crippen LogP contribution in [0.1, 0.15) is 22.3 Å². The molecule has 0 fully saturated rings. The van der Waals surface area contributed by atoms with Crippen LogP contribution in [0.4, 0.5) is 0 Å². The largest absolute Gasteiger partial charge is 0.508 e. The van der Waals surface area contributed by atoms with Gasteiger partial charge in [0.1, 0.15) is 23.0 Å². The van der Waals surface area contributed by atoms with Gasteiger partial charge in [0.15, 0.2) is 34.5 Å². The third kappa shape index (κ3) is 5.19. The summed E-state index contributed by atoms with van der Waals surface area (Å²) in [7, 11) is 0. The highest BCUT2D eigenvalue weighted by molar-refractivity contribution is 5.79. The summed E-state index contributed by atoms with van der Waals surface area (Å²) in [6.45, 7) is 0. The molecular formula is C28H26O10. The van der Waals surface area contributed by atoms with Crippen molar-refractivity contribution in [3.8, 4) is 68.6 Å². The van der Waals surface area contributed by atoms with Crippen LogP contribution in [0.15, 0.2) is 48.5 Å². The minimum atomic E-state index is -0.633. The van der Waals surface area contributed by atoms with E-state index < -0.39 is 34.5 Å². The van der Waals surface area contributed by atoms with Crippen LogP contribution in [-0.4, -0.2) is 51.1 Å². The molecule has 198 valence electrons. The number of hydrogen-bond acceptors (Lipinski definition) is 10. The predicted octanol–water partition coefficient (Wildman–Crippen LogP) is 3.98. The zero-order chi connectivity index (χ0) is 27.7. The first-order chi connectivity index (χ1) is 17.9. The Balaban J connectivity index is 1.53. The fourth-order valence-electron chi connectivity index (χ4n) is 4.24. The van der Waals surface area contributed by atoms with Gasteiger partial charge in [0, 0.05) is 11.1 Å². The Morgan fingerprint density at radius 3 is 0.947 bits per heavy atom. The van der Waals surface area contributed by atoms with Crippen molar-refractivity contribution in [3.63, 3.8) is 0 Å². The number of benzene rings is 4. The van der Waals surface area contributed by atoms with Gasteiger partial charge in [0.05, 0.1) is 0 Å². The van der Waals surface area contributed by atoms with E-state index in [9.17, 15) is 51.1 Å². The SMILES string of the molecule is Oc1cc(-c2cc(O)c(CCc3cc(O)c(O)c(O)c3)cc2O)c(O)cc1CCc1cc(O)c(O)c(O)c1. The number of phenolic OH excluding ortho intramolecular Hbond substituents is 10. The van der Waals surface area contributed by atoms with Crippen LogP contribution >= 0.6 is 0 Å². The molecule has 0 saturated heterocycles. The number of hydrogen-bond donors (Lipinski definition) is 10. The van der Waals surface area contributed by atoms with E-state index in [1.54, 1.807) is 0 Å². The van der Waals surface area contributed by atoms with E-state index in [1.807, 2.05) is 0 Å². The highest BCUT2D eigenvalue weighted by Gasteiger charge is 2.18. The lowest BCUT2D eigenvalue weighted by Gasteiger charge is -2.14. The standard InChI is InChI=1S/C28H26O10/c29-19-11-17(21(31)9-15(19)3-1-13-5-23(33)27(37)24(34)6-13)18-12-20(30)16(10-22(18)32)4-2-14-7-25(35)28(38)26(36)8-14/h5-12,29-38H,1-4H2. The Kier molecular flexibility index (Phi) is 6.89. The molecule has 0 bridgehead atoms. The molecule has 4 rings (SSSR count). The van der Waals surface area contributed by atoms with Gasteiger partial charge in [0.25, 0.3) is 0 Å². The van der Waals surface area contributed by atoms with Gasteiger partial charge in [-0.05, 0) is 96.5 Å². The summed E-state index contributed by atoms with van der Waals surface area (Å²) in [4.78, 5) is 0. The average molecular weight is 523 g/mol. The Morgan fingerprint density at radius 2 is 0.632 bits per heavy atom. The van der Waals surface area contributed by atoms with E-state index in [1.165, 1.54) is 48.5 Å². The van der Waals surface area contributed by atoms with Gasteiger partial charge >= 0.3 is 0 Å². The molecule has 10 N–H and O–H groups in total. The molecule has 0 radical (unpaired) electrons. The van der Waals surface area contributed by atoms with Crippen molar-refractivity contribution >= 4 is 0 Å². The highest BCUT2D eigenvalue weighted by atomic mass is 16.3. The first-order valence-electron chi connectivity index (χ1n) is 11.5. The van der Waals surface area contributed by atoms with Gasteiger partial charge in [-0.3, -0.25) is 0 Å². The normalized spacial score (nSPS) is 11.1. The van der Waals surface area contributed by atoms with E-state index in [-0.39, 0.29) is 59.8 Å². The zero-order valence-corrected chi connectivity index (χ0v) is 19.9. The van der Waals surface area contributed by atoms with Crippen molar-refractivity contribution in [2.75, 3.05) is 0 Å². The van der Waals surface area contributed by atoms with Crippen LogP contribution in [0, 0.1) is 0 Å². The highest BCUT2D eigenvalue weighted by Crippen LogP contribution is 2.43. The Morgan fingerprint density at radius 1 is 0.316 bits per heavy atom. The lowest BCUT2D eigenvalue weighted by atomic mass is 9.95. The zero-order valence-electron chi connectivity index (χ0n) is 19.9. The lowest BCUT2D eigenvalue weighted by molar-refractivity contribution is 0.367. The molecule has 0 atom stereocenters. The molecule has 0 heterocycles. The summed E-state index contributed by atoms with van der Waals surface area (Å²) < 4.78 is 0. The van der Waals surface area contributed by atoms with Crippen LogP contribution < -0.4 is 0 Å². The van der Waals surface area contributed by atoms with E-state index in [0.717, 1.165) is 0 Å². The quantitative estimate of drug-likeness (QED) is 0.125. The number of rotatable bonds is 7. The van der Waals surface area contributed by atoms with Gasteiger partial charge in [0.2, 0.25) is 0 Å². The molecule has 0 aliphatic carbocycles. The summed E-state index contributed by atoms with van der Waals surface area (Å²) in [6, 6.07) is 10.2. The molecule has 0 unspecified atom stereocenters. The third-order valence-electron chi connectivity index (χ3n) is 6.31. The van der Waals surface area contributed by atoms with E-state index >= 15 is 0 Å². The maximum absolute atomic E-state index is 10.6. The monoisotopic (exact) mass is 522 g/mol. The molecule has 0 aromatic heterocycles. The van der Waals surface area contributed by atoms with Crippen LogP contribution in [0.2, 0.25) is 0 Å². The first-order valence-corrected chi connectivity index (χ1v) is 11.5. The molecule has 38 heavy (non-hydrogen) atoms. The lowest BCUT2D eigenvalue weighted by Crippen LogP contribution is -1.95. The fraction of sp³-hybridized carbons (Fsp3) is 0.143. The molecule has 10 heteroatoms. The maximum atomic E-state index is 10.6. The molecule has 0 aliphatic rings. The van der Waals surface area contributed by atoms with E-state index in [4.69, 9.17) is 0 Å². The van der Waals surface area contributed by atoms with Crippen molar-refractivity contribution in [3.05, 3.63) is 70.8 Å². The molecule has 4 aromatic rings. The van der Waals surface area contributed by atoms with Gasteiger partial charge in [-0.1, -0.05) is 0 Å². The predicted molar refractivity (Wildman–Crippen MR) is 136 cm³/mol. The topological polar surface area (TPSA) is 202 Å². The van der Waals surface area contributed by atoms with Crippen molar-refractivity contribution in [2.24, 2.45) is 0 Å². The van der Waals surface area contributed by atoms with Crippen molar-refractivity contribution in [1.29, 1.82) is 0 Å². The molecular weight excluding hydrogens is 496 g/mol. The summed E-state index contributed by atoms with van der Waals surface area (Å²) in [6.07, 6.45) is 0.930. The Labute approximate surface area is 216 Å². The molecule has 4 aromatic carbocycles. The Bertz CT molecular complexity index is 1370. The summed E-state index contributed by atoms with van der Waals surface area (Å²) in [5, 5.41) is 99.9. The summed E-state index contributed by atoms with van der Waals surface area (Å²) in [5.74, 6) is -4.14. The van der Waals surface area contributed by atoms with Gasteiger partial charge in [-0.2, -0.15) is 0 Å². The number of aromatic hydroxyl groups is 10. The van der Waals surface area contributed by atoms with Gasteiger partial charge in [-0.25, -0.2) is 0 Å². The molecule has 0 aliphatic heterocycles. The van der Waals surface area contributed by atoms with Gasteiger partial charge < -0.3 is 51.1 Å². The minimum absolute atomic E-state index is 0.0684. The average Bonchev–Trinajstić information content (AvgIpc) is 2.86. The fourth-order valence-corrected chi connectivity index (χ4v) is 4.24. The van der Waals surface area contributed by atoms with Crippen LogP contribution in [0.25, 0.3) is 11.1 Å². The van der Waals surface area contributed by atoms with Crippen molar-refractivity contribution in [1.82, 2.24) is 0 Å². The summed E-state index contributed by atoms with van der Waals surface area (Å²) in [5.41, 5.74) is 1.80. The minimum Gasteiger partial charge on any atom is -0.508 e. The number of aryl methyl sites for hydroxylation is 4. The summed E-state index contributed by atoms with van der Waals surface area (Å²) >= 11 is 0. The molecule has 0 spiro atoms. The smallest absolute Gasteiger partial charge is 0.200 e. The van der Waals surface area contributed by atoms with Gasteiger partial charge in [-0.15, -0.1) is 0 Å². The van der Waals surface area contributed by atoms with Crippen molar-refractivity contribution < 1.29 is 51.1 Å². The first kappa shape index (κ1) is 26.0. The molecule has 0 saturated carbocycles. The molecule has 10 nitrogen and oxygen atoms in total. The van der Waals surface area contributed by atoms with Crippen LogP contribution in [0.3, 0.4) is 0 Å².